The lowest BCUT2D eigenvalue weighted by atomic mass is 10.1. The van der Waals surface area contributed by atoms with Gasteiger partial charge in [-0.25, -0.2) is 4.98 Å². The van der Waals surface area contributed by atoms with Crippen molar-refractivity contribution in [1.29, 1.82) is 0 Å². The number of aryl methyl sites for hydroxylation is 1. The van der Waals surface area contributed by atoms with Gasteiger partial charge >= 0.3 is 0 Å². The monoisotopic (exact) mass is 176 g/mol. The van der Waals surface area contributed by atoms with Crippen LogP contribution in [0.15, 0.2) is 12.3 Å². The highest BCUT2D eigenvalue weighted by molar-refractivity contribution is 5.85. The largest absolute Gasteiger partial charge is 0.384 e. The molecule has 13 heavy (non-hydrogen) atoms. The zero-order valence-corrected chi connectivity index (χ0v) is 7.54. The molecule has 0 aromatic carbocycles. The van der Waals surface area contributed by atoms with Crippen LogP contribution in [-0.4, -0.2) is 15.2 Å². The summed E-state index contributed by atoms with van der Waals surface area (Å²) in [6.45, 7) is 2.14. The summed E-state index contributed by atoms with van der Waals surface area (Å²) in [5.74, 6) is 0.598. The third-order valence-corrected chi connectivity index (χ3v) is 2.03. The van der Waals surface area contributed by atoms with Gasteiger partial charge in [-0.3, -0.25) is 5.10 Å². The van der Waals surface area contributed by atoms with E-state index in [1.165, 1.54) is 5.56 Å². The Labute approximate surface area is 76.2 Å². The van der Waals surface area contributed by atoms with E-state index in [2.05, 4.69) is 22.1 Å². The third kappa shape index (κ3) is 1.35. The minimum Gasteiger partial charge on any atom is -0.384 e. The molecule has 4 heteroatoms. The molecule has 2 rings (SSSR count). The van der Waals surface area contributed by atoms with Crippen molar-refractivity contribution in [2.45, 2.75) is 19.8 Å². The quantitative estimate of drug-likeness (QED) is 0.728. The molecule has 0 aliphatic heterocycles. The van der Waals surface area contributed by atoms with Gasteiger partial charge in [-0.05, 0) is 18.1 Å². The van der Waals surface area contributed by atoms with Gasteiger partial charge in [0, 0.05) is 6.20 Å². The normalized spacial score (nSPS) is 10.8. The van der Waals surface area contributed by atoms with E-state index in [0.29, 0.717) is 11.5 Å². The first-order chi connectivity index (χ1) is 6.31. The number of nitrogens with one attached hydrogen (secondary N) is 1. The maximum absolute atomic E-state index is 5.68. The van der Waals surface area contributed by atoms with E-state index in [4.69, 9.17) is 5.73 Å². The molecule has 0 aliphatic carbocycles. The third-order valence-electron chi connectivity index (χ3n) is 2.03. The summed E-state index contributed by atoms with van der Waals surface area (Å²) in [6.07, 6.45) is 4.00. The van der Waals surface area contributed by atoms with Crippen molar-refractivity contribution in [3.8, 4) is 0 Å². The van der Waals surface area contributed by atoms with Crippen molar-refractivity contribution < 1.29 is 0 Å². The van der Waals surface area contributed by atoms with Crippen LogP contribution in [0.1, 0.15) is 18.9 Å². The molecule has 0 aliphatic rings. The number of anilines is 1. The molecule has 0 amide bonds. The Morgan fingerprint density at radius 2 is 2.38 bits per heavy atom. The molecule has 0 saturated carbocycles. The number of hydrogen-bond acceptors (Lipinski definition) is 3. The van der Waals surface area contributed by atoms with Gasteiger partial charge in [0.25, 0.3) is 0 Å². The van der Waals surface area contributed by atoms with E-state index in [1.54, 1.807) is 0 Å². The SMILES string of the molecule is CCCc1cnc2n[nH]c(N)c2c1. The van der Waals surface area contributed by atoms with E-state index in [9.17, 15) is 0 Å². The number of rotatable bonds is 2. The molecule has 0 fully saturated rings. The van der Waals surface area contributed by atoms with Crippen LogP contribution in [0.5, 0.6) is 0 Å². The van der Waals surface area contributed by atoms with Crippen LogP contribution in [0, 0.1) is 0 Å². The molecule has 0 saturated heterocycles. The summed E-state index contributed by atoms with van der Waals surface area (Å²) in [5, 5.41) is 7.59. The van der Waals surface area contributed by atoms with Crippen molar-refractivity contribution >= 4 is 16.9 Å². The van der Waals surface area contributed by atoms with Gasteiger partial charge in [0.05, 0.1) is 5.39 Å². The van der Waals surface area contributed by atoms with Crippen molar-refractivity contribution in [1.82, 2.24) is 15.2 Å². The first-order valence-electron chi connectivity index (χ1n) is 4.39. The van der Waals surface area contributed by atoms with Crippen LogP contribution in [0.4, 0.5) is 5.82 Å². The molecule has 2 aromatic rings. The van der Waals surface area contributed by atoms with Gasteiger partial charge in [-0.2, -0.15) is 5.10 Å². The van der Waals surface area contributed by atoms with Crippen molar-refractivity contribution in [3.63, 3.8) is 0 Å². The zero-order valence-electron chi connectivity index (χ0n) is 7.54. The average molecular weight is 176 g/mol. The van der Waals surface area contributed by atoms with Gasteiger partial charge < -0.3 is 5.73 Å². The number of nitrogens with zero attached hydrogens (tertiary/aromatic N) is 2. The van der Waals surface area contributed by atoms with Crippen LogP contribution in [-0.2, 0) is 6.42 Å². The standard InChI is InChI=1S/C9H12N4/c1-2-3-6-4-7-8(10)12-13-9(7)11-5-6/h4-5H,2-3H2,1H3,(H3,10,11,12,13). The predicted molar refractivity (Wildman–Crippen MR) is 52.3 cm³/mol. The molecule has 0 unspecified atom stereocenters. The second-order valence-electron chi connectivity index (χ2n) is 3.10. The number of aromatic nitrogens is 3. The van der Waals surface area contributed by atoms with Crippen LogP contribution < -0.4 is 5.73 Å². The van der Waals surface area contributed by atoms with Crippen LogP contribution >= 0.6 is 0 Å². The summed E-state index contributed by atoms with van der Waals surface area (Å²) < 4.78 is 0. The Balaban J connectivity index is 2.53. The summed E-state index contributed by atoms with van der Waals surface area (Å²) >= 11 is 0. The highest BCUT2D eigenvalue weighted by Crippen LogP contribution is 2.17. The van der Waals surface area contributed by atoms with Gasteiger partial charge in [0.1, 0.15) is 5.82 Å². The number of nitrogen functional groups attached to an aromatic ring is 1. The molecule has 0 atom stereocenters. The Morgan fingerprint density at radius 1 is 1.54 bits per heavy atom. The number of nitrogens with two attached hydrogens (primary N) is 1. The van der Waals surface area contributed by atoms with E-state index < -0.39 is 0 Å². The molecular weight excluding hydrogens is 164 g/mol. The number of hydrogen-bond donors (Lipinski definition) is 2. The molecule has 0 spiro atoms. The first kappa shape index (κ1) is 8.04. The fourth-order valence-corrected chi connectivity index (χ4v) is 1.39. The van der Waals surface area contributed by atoms with Gasteiger partial charge in [-0.1, -0.05) is 13.3 Å². The predicted octanol–water partition coefficient (Wildman–Crippen LogP) is 1.49. The van der Waals surface area contributed by atoms with Crippen LogP contribution in [0.3, 0.4) is 0 Å². The molecule has 0 radical (unpaired) electrons. The maximum atomic E-state index is 5.68. The lowest BCUT2D eigenvalue weighted by Crippen LogP contribution is -1.87. The molecule has 2 aromatic heterocycles. The summed E-state index contributed by atoms with van der Waals surface area (Å²) in [5.41, 5.74) is 7.59. The van der Waals surface area contributed by atoms with E-state index >= 15 is 0 Å². The highest BCUT2D eigenvalue weighted by atomic mass is 15.2. The van der Waals surface area contributed by atoms with Crippen molar-refractivity contribution in [2.75, 3.05) is 5.73 Å². The molecule has 68 valence electrons. The Hall–Kier alpha value is -1.58. The minimum atomic E-state index is 0.598. The van der Waals surface area contributed by atoms with Gasteiger partial charge in [-0.15, -0.1) is 0 Å². The van der Waals surface area contributed by atoms with Crippen LogP contribution in [0.2, 0.25) is 0 Å². The van der Waals surface area contributed by atoms with E-state index in [-0.39, 0.29) is 0 Å². The van der Waals surface area contributed by atoms with Crippen molar-refractivity contribution in [3.05, 3.63) is 17.8 Å². The number of fused-ring (bicyclic) bond motifs is 1. The fraction of sp³-hybridized carbons (Fsp3) is 0.333. The topological polar surface area (TPSA) is 67.6 Å². The Bertz CT molecular complexity index is 418. The Morgan fingerprint density at radius 3 is 3.15 bits per heavy atom. The lowest BCUT2D eigenvalue weighted by Gasteiger charge is -1.96. The number of H-pyrrole nitrogens is 1. The maximum Gasteiger partial charge on any atom is 0.183 e. The van der Waals surface area contributed by atoms with E-state index in [0.717, 1.165) is 18.2 Å². The molecule has 0 bridgehead atoms. The summed E-state index contributed by atoms with van der Waals surface area (Å²) in [7, 11) is 0. The van der Waals surface area contributed by atoms with Gasteiger partial charge in [0.15, 0.2) is 5.65 Å². The van der Waals surface area contributed by atoms with Crippen LogP contribution in [0.25, 0.3) is 11.0 Å². The highest BCUT2D eigenvalue weighted by Gasteiger charge is 2.03. The van der Waals surface area contributed by atoms with Gasteiger partial charge in [0.2, 0.25) is 0 Å². The van der Waals surface area contributed by atoms with E-state index in [1.807, 2.05) is 12.3 Å². The Kier molecular flexibility index (Phi) is 1.88. The minimum absolute atomic E-state index is 0.598. The second-order valence-corrected chi connectivity index (χ2v) is 3.10. The number of aromatic amines is 1. The molecular formula is C9H12N4. The zero-order chi connectivity index (χ0) is 9.26. The molecule has 2 heterocycles. The fourth-order valence-electron chi connectivity index (χ4n) is 1.39. The number of pyridine rings is 1. The smallest absolute Gasteiger partial charge is 0.183 e. The summed E-state index contributed by atoms with van der Waals surface area (Å²) in [6, 6.07) is 2.05. The molecule has 4 nitrogen and oxygen atoms in total. The molecule has 3 N–H and O–H groups in total. The lowest BCUT2D eigenvalue weighted by molar-refractivity contribution is 0.917. The second kappa shape index (κ2) is 3.05. The van der Waals surface area contributed by atoms with Crippen molar-refractivity contribution in [2.24, 2.45) is 0 Å². The first-order valence-corrected chi connectivity index (χ1v) is 4.39. The average Bonchev–Trinajstić information content (AvgIpc) is 2.49. The summed E-state index contributed by atoms with van der Waals surface area (Å²) in [4.78, 5) is 4.20.